The molecule has 4 rings (SSSR count). The number of nitrogens with one attached hydrogen (secondary N) is 2. The lowest BCUT2D eigenvalue weighted by Crippen LogP contribution is -2.42. The number of amides is 1. The number of carboxylic acid groups (broad SMARTS) is 1. The molecule has 0 fully saturated rings. The predicted molar refractivity (Wildman–Crippen MR) is 129 cm³/mol. The van der Waals surface area contributed by atoms with E-state index in [1.165, 1.54) is 16.9 Å². The largest absolute Gasteiger partial charge is 0.493 e. The van der Waals surface area contributed by atoms with Gasteiger partial charge in [0.2, 0.25) is 0 Å². The summed E-state index contributed by atoms with van der Waals surface area (Å²) in [7, 11) is 0. The van der Waals surface area contributed by atoms with Crippen LogP contribution in [0.5, 0.6) is 5.75 Å². The first-order valence-electron chi connectivity index (χ1n) is 10.7. The van der Waals surface area contributed by atoms with Crippen LogP contribution in [0.3, 0.4) is 0 Å². The standard InChI is InChI=1S/C24H24ClN3O4S/c25-19-10-13-33-21(19)23(29)28-20(24(30)31)14-15-3-7-18(8-4-15)32-12-9-17-6-5-16-2-1-11-26-22(16)27-17/h3-8,10,13,20H,1-2,9,11-12,14H2,(H,26,27)(H,28,29)(H,30,31)/t20-/m0/s1. The number of aryl methyl sites for hydroxylation is 1. The molecule has 1 aromatic carbocycles. The topological polar surface area (TPSA) is 101 Å². The van der Waals surface area contributed by atoms with E-state index in [2.05, 4.69) is 21.7 Å². The van der Waals surface area contributed by atoms with Crippen LogP contribution in [0.1, 0.15) is 32.9 Å². The van der Waals surface area contributed by atoms with Gasteiger partial charge in [-0.25, -0.2) is 9.78 Å². The second-order valence-corrected chi connectivity index (χ2v) is 9.07. The van der Waals surface area contributed by atoms with Gasteiger partial charge in [0.15, 0.2) is 0 Å². The number of hydrogen-bond donors (Lipinski definition) is 3. The number of anilines is 1. The number of ether oxygens (including phenoxy) is 1. The molecule has 1 aliphatic rings. The van der Waals surface area contributed by atoms with Crippen LogP contribution >= 0.6 is 22.9 Å². The van der Waals surface area contributed by atoms with Crippen molar-refractivity contribution in [1.82, 2.24) is 10.3 Å². The number of aliphatic carboxylic acids is 1. The molecule has 0 unspecified atom stereocenters. The average Bonchev–Trinajstić information content (AvgIpc) is 3.25. The lowest BCUT2D eigenvalue weighted by molar-refractivity contribution is -0.139. The summed E-state index contributed by atoms with van der Waals surface area (Å²) in [5.41, 5.74) is 3.01. The molecule has 9 heteroatoms. The lowest BCUT2D eigenvalue weighted by Gasteiger charge is -2.17. The highest BCUT2D eigenvalue weighted by atomic mass is 35.5. The fourth-order valence-electron chi connectivity index (χ4n) is 3.62. The molecule has 172 valence electrons. The summed E-state index contributed by atoms with van der Waals surface area (Å²) in [4.78, 5) is 28.9. The molecule has 0 saturated heterocycles. The Hall–Kier alpha value is -3.10. The smallest absolute Gasteiger partial charge is 0.326 e. The molecule has 3 N–H and O–H groups in total. The minimum atomic E-state index is -1.11. The maximum Gasteiger partial charge on any atom is 0.326 e. The fraction of sp³-hybridized carbons (Fsp3) is 0.292. The van der Waals surface area contributed by atoms with Crippen molar-refractivity contribution >= 4 is 40.6 Å². The summed E-state index contributed by atoms with van der Waals surface area (Å²) in [6.07, 6.45) is 3.04. The summed E-state index contributed by atoms with van der Waals surface area (Å²) in [5, 5.41) is 17.4. The van der Waals surface area contributed by atoms with Crippen LogP contribution in [-0.2, 0) is 24.1 Å². The van der Waals surface area contributed by atoms with Gasteiger partial charge < -0.3 is 20.5 Å². The molecule has 0 spiro atoms. The Morgan fingerprint density at radius 1 is 1.21 bits per heavy atom. The van der Waals surface area contributed by atoms with Gasteiger partial charge in [-0.1, -0.05) is 29.8 Å². The third-order valence-corrected chi connectivity index (χ3v) is 6.71. The van der Waals surface area contributed by atoms with E-state index in [0.717, 1.165) is 36.5 Å². The molecule has 3 heterocycles. The highest BCUT2D eigenvalue weighted by Crippen LogP contribution is 2.22. The van der Waals surface area contributed by atoms with Gasteiger partial charge >= 0.3 is 5.97 Å². The van der Waals surface area contributed by atoms with Gasteiger partial charge in [-0.2, -0.15) is 0 Å². The minimum absolute atomic E-state index is 0.149. The molecule has 1 atom stereocenters. The van der Waals surface area contributed by atoms with Crippen LogP contribution in [-0.4, -0.2) is 41.2 Å². The Morgan fingerprint density at radius 2 is 2.03 bits per heavy atom. The number of carbonyl (C=O) groups excluding carboxylic acids is 1. The van der Waals surface area contributed by atoms with E-state index < -0.39 is 17.9 Å². The van der Waals surface area contributed by atoms with Crippen LogP contribution < -0.4 is 15.4 Å². The summed E-state index contributed by atoms with van der Waals surface area (Å²) in [6.45, 7) is 1.45. The number of aromatic nitrogens is 1. The summed E-state index contributed by atoms with van der Waals surface area (Å²) in [5.74, 6) is 0.0670. The van der Waals surface area contributed by atoms with Crippen molar-refractivity contribution in [3.05, 3.63) is 74.6 Å². The van der Waals surface area contributed by atoms with Crippen molar-refractivity contribution in [2.24, 2.45) is 0 Å². The van der Waals surface area contributed by atoms with Crippen molar-refractivity contribution in [2.45, 2.75) is 31.7 Å². The number of halogens is 1. The molecular weight excluding hydrogens is 462 g/mol. The molecule has 1 amide bonds. The second kappa shape index (κ2) is 10.7. The quantitative estimate of drug-likeness (QED) is 0.420. The first kappa shape index (κ1) is 23.1. The van der Waals surface area contributed by atoms with E-state index in [1.807, 2.05) is 6.07 Å². The molecule has 3 aromatic rings. The Balaban J connectivity index is 1.29. The zero-order valence-electron chi connectivity index (χ0n) is 17.8. The fourth-order valence-corrected chi connectivity index (χ4v) is 4.66. The van der Waals surface area contributed by atoms with Crippen molar-refractivity contribution < 1.29 is 19.4 Å². The van der Waals surface area contributed by atoms with Crippen LogP contribution in [0, 0.1) is 0 Å². The molecule has 33 heavy (non-hydrogen) atoms. The summed E-state index contributed by atoms with van der Waals surface area (Å²) >= 11 is 7.14. The maximum absolute atomic E-state index is 12.3. The molecule has 0 bridgehead atoms. The number of benzene rings is 1. The Bertz CT molecular complexity index is 1130. The van der Waals surface area contributed by atoms with Crippen molar-refractivity contribution in [2.75, 3.05) is 18.5 Å². The van der Waals surface area contributed by atoms with E-state index in [4.69, 9.17) is 16.3 Å². The third-order valence-electron chi connectivity index (χ3n) is 5.37. The number of fused-ring (bicyclic) bond motifs is 1. The molecule has 7 nitrogen and oxygen atoms in total. The van der Waals surface area contributed by atoms with Crippen molar-refractivity contribution in [3.8, 4) is 5.75 Å². The van der Waals surface area contributed by atoms with Crippen molar-refractivity contribution in [1.29, 1.82) is 0 Å². The van der Waals surface area contributed by atoms with Crippen LogP contribution in [0.25, 0.3) is 0 Å². The molecule has 2 aromatic heterocycles. The Morgan fingerprint density at radius 3 is 2.76 bits per heavy atom. The zero-order chi connectivity index (χ0) is 23.2. The first-order valence-corrected chi connectivity index (χ1v) is 12.0. The number of hydrogen-bond acceptors (Lipinski definition) is 6. The maximum atomic E-state index is 12.3. The van der Waals surface area contributed by atoms with Crippen LogP contribution in [0.15, 0.2) is 47.8 Å². The van der Waals surface area contributed by atoms with Crippen molar-refractivity contribution in [3.63, 3.8) is 0 Å². The molecule has 0 aliphatic carbocycles. The zero-order valence-corrected chi connectivity index (χ0v) is 19.4. The highest BCUT2D eigenvalue weighted by Gasteiger charge is 2.23. The number of carbonyl (C=O) groups is 2. The van der Waals surface area contributed by atoms with Gasteiger partial charge in [0.1, 0.15) is 22.5 Å². The lowest BCUT2D eigenvalue weighted by atomic mass is 10.1. The van der Waals surface area contributed by atoms with Gasteiger partial charge in [-0.3, -0.25) is 4.79 Å². The monoisotopic (exact) mass is 485 g/mol. The number of thiophene rings is 1. The predicted octanol–water partition coefficient (Wildman–Crippen LogP) is 4.20. The summed E-state index contributed by atoms with van der Waals surface area (Å²) in [6, 6.07) is 11.9. The first-order chi connectivity index (χ1) is 16.0. The molecule has 1 aliphatic heterocycles. The molecule has 0 radical (unpaired) electrons. The van der Waals surface area contributed by atoms with E-state index in [9.17, 15) is 14.7 Å². The van der Waals surface area contributed by atoms with Crippen LogP contribution in [0.2, 0.25) is 5.02 Å². The number of nitrogens with zero attached hydrogens (tertiary/aromatic N) is 1. The normalized spacial score (nSPS) is 13.5. The van der Waals surface area contributed by atoms with Gasteiger partial charge in [0.25, 0.3) is 5.91 Å². The van der Waals surface area contributed by atoms with Gasteiger partial charge in [0.05, 0.1) is 11.6 Å². The summed E-state index contributed by atoms with van der Waals surface area (Å²) < 4.78 is 5.83. The van der Waals surface area contributed by atoms with E-state index >= 15 is 0 Å². The van der Waals surface area contributed by atoms with E-state index in [-0.39, 0.29) is 6.42 Å². The van der Waals surface area contributed by atoms with Gasteiger partial charge in [-0.05, 0) is 53.6 Å². The van der Waals surface area contributed by atoms with E-state index in [1.54, 1.807) is 35.7 Å². The number of rotatable bonds is 9. The van der Waals surface area contributed by atoms with Gasteiger partial charge in [0, 0.05) is 25.1 Å². The number of pyridine rings is 1. The molecular formula is C24H24ClN3O4S. The second-order valence-electron chi connectivity index (χ2n) is 7.75. The minimum Gasteiger partial charge on any atom is -0.493 e. The SMILES string of the molecule is O=C(N[C@@H](Cc1ccc(OCCc2ccc3c(n2)NCCC3)cc1)C(=O)O)c1sccc1Cl. The highest BCUT2D eigenvalue weighted by molar-refractivity contribution is 7.12. The Labute approximate surface area is 200 Å². The average molecular weight is 486 g/mol. The van der Waals surface area contributed by atoms with Gasteiger partial charge in [-0.15, -0.1) is 11.3 Å². The number of carboxylic acids is 1. The Kier molecular flexibility index (Phi) is 7.47. The third kappa shape index (κ3) is 6.03. The molecule has 0 saturated carbocycles. The van der Waals surface area contributed by atoms with E-state index in [0.29, 0.717) is 28.7 Å². The van der Waals surface area contributed by atoms with Crippen LogP contribution in [0.4, 0.5) is 5.82 Å².